The van der Waals surface area contributed by atoms with Crippen molar-refractivity contribution < 1.29 is 19.5 Å². The first kappa shape index (κ1) is 17.5. The van der Waals surface area contributed by atoms with Gasteiger partial charge in [-0.2, -0.15) is 0 Å². The van der Waals surface area contributed by atoms with Crippen molar-refractivity contribution in [1.82, 2.24) is 15.2 Å². The van der Waals surface area contributed by atoms with Crippen LogP contribution in [0.25, 0.3) is 11.1 Å². The van der Waals surface area contributed by atoms with Crippen molar-refractivity contribution in [2.24, 2.45) is 0 Å². The van der Waals surface area contributed by atoms with Gasteiger partial charge >= 0.3 is 12.0 Å². The van der Waals surface area contributed by atoms with Gasteiger partial charge in [0.2, 0.25) is 0 Å². The molecule has 0 aromatic carbocycles. The molecule has 0 radical (unpaired) electrons. The Morgan fingerprint density at radius 3 is 2.63 bits per heavy atom. The van der Waals surface area contributed by atoms with Crippen molar-refractivity contribution in [3.8, 4) is 5.00 Å². The van der Waals surface area contributed by atoms with E-state index in [0.717, 1.165) is 53.1 Å². The molecule has 1 aliphatic heterocycles. The van der Waals surface area contributed by atoms with E-state index >= 15 is 0 Å². The fourth-order valence-electron chi connectivity index (χ4n) is 3.81. The molecule has 2 aromatic heterocycles. The lowest BCUT2D eigenvalue weighted by Crippen LogP contribution is -2.22. The predicted octanol–water partition coefficient (Wildman–Crippen LogP) is 2.91. The number of nitrogens with one attached hydrogen (secondary N) is 2. The van der Waals surface area contributed by atoms with Gasteiger partial charge in [0.05, 0.1) is 5.56 Å². The molecule has 0 bridgehead atoms. The highest BCUT2D eigenvalue weighted by molar-refractivity contribution is 7.15. The average Bonchev–Trinajstić information content (AvgIpc) is 3.21. The molecule has 3 amide bonds. The Labute approximate surface area is 159 Å². The van der Waals surface area contributed by atoms with Crippen molar-refractivity contribution in [3.05, 3.63) is 44.7 Å². The fourth-order valence-corrected chi connectivity index (χ4v) is 5.31. The predicted molar refractivity (Wildman–Crippen MR) is 101 cm³/mol. The Morgan fingerprint density at radius 2 is 1.96 bits per heavy atom. The molecular weight excluding hydrogens is 366 g/mol. The van der Waals surface area contributed by atoms with Crippen LogP contribution in [-0.2, 0) is 17.6 Å². The number of aromatic carboxylic acids is 1. The Morgan fingerprint density at radius 1 is 1.22 bits per heavy atom. The average molecular weight is 385 g/mol. The fraction of sp³-hybridized carbons (Fsp3) is 0.316. The van der Waals surface area contributed by atoms with Crippen LogP contribution in [0.1, 0.15) is 50.6 Å². The second kappa shape index (κ2) is 6.38. The summed E-state index contributed by atoms with van der Waals surface area (Å²) in [5, 5.41) is 15.2. The van der Waals surface area contributed by atoms with Gasteiger partial charge in [-0.15, -0.1) is 11.3 Å². The summed E-state index contributed by atoms with van der Waals surface area (Å²) >= 11 is 1.54. The number of carbonyl (C=O) groups is 3. The number of thiophene rings is 1. The maximum atomic E-state index is 12.0. The number of aryl methyl sites for hydroxylation is 2. The number of urea groups is 1. The second-order valence-corrected chi connectivity index (χ2v) is 7.91. The molecule has 1 aliphatic carbocycles. The number of imide groups is 1. The first-order valence-electron chi connectivity index (χ1n) is 8.78. The molecule has 27 heavy (non-hydrogen) atoms. The lowest BCUT2D eigenvalue weighted by Gasteiger charge is -2.11. The van der Waals surface area contributed by atoms with Crippen LogP contribution in [0.15, 0.2) is 11.8 Å². The van der Waals surface area contributed by atoms with Crippen LogP contribution in [0.3, 0.4) is 0 Å². The quantitative estimate of drug-likeness (QED) is 0.559. The molecule has 0 atom stereocenters. The molecule has 4 rings (SSSR count). The number of carboxylic acid groups (broad SMARTS) is 1. The Kier molecular flexibility index (Phi) is 4.15. The van der Waals surface area contributed by atoms with Gasteiger partial charge in [-0.3, -0.25) is 10.1 Å². The molecule has 7 nitrogen and oxygen atoms in total. The number of aromatic nitrogens is 1. The van der Waals surface area contributed by atoms with E-state index in [1.807, 2.05) is 24.5 Å². The summed E-state index contributed by atoms with van der Waals surface area (Å²) < 4.78 is 1.94. The molecule has 1 fully saturated rings. The molecule has 0 unspecified atom stereocenters. The van der Waals surface area contributed by atoms with E-state index in [1.54, 1.807) is 17.4 Å². The zero-order valence-electron chi connectivity index (χ0n) is 15.0. The van der Waals surface area contributed by atoms with Gasteiger partial charge in [-0.05, 0) is 62.8 Å². The minimum absolute atomic E-state index is 0.184. The topological polar surface area (TPSA) is 100 Å². The molecule has 3 N–H and O–H groups in total. The number of fused-ring (bicyclic) bond motifs is 1. The van der Waals surface area contributed by atoms with E-state index in [2.05, 4.69) is 10.6 Å². The monoisotopic (exact) mass is 385 g/mol. The highest BCUT2D eigenvalue weighted by Crippen LogP contribution is 2.38. The molecule has 2 aromatic rings. The lowest BCUT2D eigenvalue weighted by molar-refractivity contribution is -0.115. The minimum Gasteiger partial charge on any atom is -0.478 e. The van der Waals surface area contributed by atoms with Crippen LogP contribution < -0.4 is 10.6 Å². The molecule has 1 saturated heterocycles. The maximum Gasteiger partial charge on any atom is 0.339 e. The Balaban J connectivity index is 1.85. The number of amides is 3. The van der Waals surface area contributed by atoms with Crippen LogP contribution in [0.2, 0.25) is 0 Å². The van der Waals surface area contributed by atoms with Crippen molar-refractivity contribution >= 4 is 35.3 Å². The first-order chi connectivity index (χ1) is 12.9. The Bertz CT molecular complexity index is 1030. The molecule has 0 spiro atoms. The molecule has 2 aliphatic rings. The van der Waals surface area contributed by atoms with Gasteiger partial charge in [-0.25, -0.2) is 9.59 Å². The van der Waals surface area contributed by atoms with Gasteiger partial charge in [0.1, 0.15) is 10.7 Å². The van der Waals surface area contributed by atoms with Crippen LogP contribution in [0.5, 0.6) is 0 Å². The van der Waals surface area contributed by atoms with Crippen LogP contribution in [0.4, 0.5) is 4.79 Å². The summed E-state index contributed by atoms with van der Waals surface area (Å²) in [6, 6.07) is 1.35. The van der Waals surface area contributed by atoms with Crippen molar-refractivity contribution in [2.45, 2.75) is 39.5 Å². The van der Waals surface area contributed by atoms with Gasteiger partial charge in [0, 0.05) is 16.3 Å². The number of carbonyl (C=O) groups excluding carboxylic acids is 2. The molecular formula is C19H19N3O4S. The summed E-state index contributed by atoms with van der Waals surface area (Å²) in [5.41, 5.74) is 4.01. The third-order valence-corrected chi connectivity index (χ3v) is 6.34. The third-order valence-electron chi connectivity index (χ3n) is 5.06. The van der Waals surface area contributed by atoms with Crippen molar-refractivity contribution in [3.63, 3.8) is 0 Å². The number of rotatable bonds is 3. The van der Waals surface area contributed by atoms with E-state index in [9.17, 15) is 19.5 Å². The smallest absolute Gasteiger partial charge is 0.339 e. The zero-order valence-corrected chi connectivity index (χ0v) is 15.8. The Hall–Kier alpha value is -2.87. The number of hydrogen-bond donors (Lipinski definition) is 3. The van der Waals surface area contributed by atoms with E-state index in [4.69, 9.17) is 0 Å². The summed E-state index contributed by atoms with van der Waals surface area (Å²) in [6.45, 7) is 3.80. The van der Waals surface area contributed by atoms with Crippen molar-refractivity contribution in [2.75, 3.05) is 0 Å². The van der Waals surface area contributed by atoms with Crippen LogP contribution in [-0.4, -0.2) is 27.6 Å². The van der Waals surface area contributed by atoms with E-state index in [1.165, 1.54) is 0 Å². The summed E-state index contributed by atoms with van der Waals surface area (Å²) in [6.07, 6.45) is 5.44. The zero-order chi connectivity index (χ0) is 19.3. The van der Waals surface area contributed by atoms with Gasteiger partial charge < -0.3 is 15.0 Å². The minimum atomic E-state index is -0.903. The molecule has 140 valence electrons. The second-order valence-electron chi connectivity index (χ2n) is 6.82. The summed E-state index contributed by atoms with van der Waals surface area (Å²) in [5.74, 6) is -1.37. The first-order valence-corrected chi connectivity index (χ1v) is 9.59. The number of carboxylic acids is 1. The van der Waals surface area contributed by atoms with E-state index in [-0.39, 0.29) is 5.70 Å². The number of nitrogens with zero attached hydrogens (tertiary/aromatic N) is 1. The standard InChI is InChI=1S/C19H19N3O4S/c1-9-7-11(8-13-16(23)21-19(26)20-13)10(2)22(9)17-15(18(24)25)12-5-3-4-6-14(12)27-17/h7-8H,3-6H2,1-2H3,(H,24,25)(H2,20,21,23,26)/b13-8+. The van der Waals surface area contributed by atoms with Crippen molar-refractivity contribution in [1.29, 1.82) is 0 Å². The molecule has 8 heteroatoms. The normalized spacial score (nSPS) is 17.8. The van der Waals surface area contributed by atoms with Gasteiger partial charge in [0.25, 0.3) is 5.91 Å². The SMILES string of the molecule is Cc1cc(/C=C2/NC(=O)NC2=O)c(C)n1-c1sc2c(c1C(=O)O)CCCC2. The van der Waals surface area contributed by atoms with Gasteiger partial charge in [0.15, 0.2) is 0 Å². The summed E-state index contributed by atoms with van der Waals surface area (Å²) in [7, 11) is 0. The maximum absolute atomic E-state index is 12.0. The van der Waals surface area contributed by atoms with Crippen LogP contribution in [0, 0.1) is 13.8 Å². The van der Waals surface area contributed by atoms with E-state index < -0.39 is 17.9 Å². The van der Waals surface area contributed by atoms with Crippen LogP contribution >= 0.6 is 11.3 Å². The largest absolute Gasteiger partial charge is 0.478 e. The van der Waals surface area contributed by atoms with E-state index in [0.29, 0.717) is 10.6 Å². The molecule has 3 heterocycles. The van der Waals surface area contributed by atoms with Gasteiger partial charge in [-0.1, -0.05) is 0 Å². The molecule has 0 saturated carbocycles. The number of hydrogen-bond acceptors (Lipinski definition) is 4. The highest BCUT2D eigenvalue weighted by atomic mass is 32.1. The highest BCUT2D eigenvalue weighted by Gasteiger charge is 2.28. The summed E-state index contributed by atoms with van der Waals surface area (Å²) in [4.78, 5) is 36.3. The third kappa shape index (κ3) is 2.86. The lowest BCUT2D eigenvalue weighted by atomic mass is 9.95.